The summed E-state index contributed by atoms with van der Waals surface area (Å²) in [6.07, 6.45) is 3.86. The van der Waals surface area contributed by atoms with Gasteiger partial charge in [-0.1, -0.05) is 11.3 Å². The van der Waals surface area contributed by atoms with Crippen LogP contribution in [0.1, 0.15) is 12.6 Å². The molecule has 0 saturated carbocycles. The fourth-order valence-corrected chi connectivity index (χ4v) is 1.86. The van der Waals surface area contributed by atoms with E-state index in [4.69, 9.17) is 11.6 Å². The lowest BCUT2D eigenvalue weighted by molar-refractivity contribution is 0.615. The van der Waals surface area contributed by atoms with Gasteiger partial charge in [0.2, 0.25) is 0 Å². The van der Waals surface area contributed by atoms with Crippen LogP contribution in [0.2, 0.25) is 0 Å². The van der Waals surface area contributed by atoms with Crippen molar-refractivity contribution in [2.45, 2.75) is 18.8 Å². The van der Waals surface area contributed by atoms with Gasteiger partial charge in [-0.15, -0.1) is 16.7 Å². The molecule has 0 saturated heterocycles. The van der Waals surface area contributed by atoms with Gasteiger partial charge in [0.1, 0.15) is 0 Å². The SMILES string of the molecule is CCn1nncc1C1=CC(Cl)CNC1. The monoisotopic (exact) mass is 212 g/mol. The fraction of sp³-hybridized carbons (Fsp3) is 0.556. The number of hydrogen-bond donors (Lipinski definition) is 1. The van der Waals surface area contributed by atoms with Crippen LogP contribution in [0.15, 0.2) is 12.3 Å². The summed E-state index contributed by atoms with van der Waals surface area (Å²) in [5.74, 6) is 0. The molecule has 0 radical (unpaired) electrons. The summed E-state index contributed by atoms with van der Waals surface area (Å²) >= 11 is 6.03. The van der Waals surface area contributed by atoms with Crippen LogP contribution < -0.4 is 5.32 Å². The van der Waals surface area contributed by atoms with E-state index < -0.39 is 0 Å². The Kier molecular flexibility index (Phi) is 2.84. The Balaban J connectivity index is 2.29. The minimum absolute atomic E-state index is 0.0685. The van der Waals surface area contributed by atoms with E-state index >= 15 is 0 Å². The normalized spacial score (nSPS) is 22.1. The Morgan fingerprint density at radius 2 is 2.57 bits per heavy atom. The van der Waals surface area contributed by atoms with Gasteiger partial charge in [-0.2, -0.15) is 0 Å². The standard InChI is InChI=1S/C9H13ClN4/c1-2-14-9(6-12-13-14)7-3-8(10)5-11-4-7/h3,6,8,11H,2,4-5H2,1H3. The first-order valence-electron chi connectivity index (χ1n) is 4.75. The Labute approximate surface area is 87.9 Å². The molecule has 0 fully saturated rings. The average molecular weight is 213 g/mol. The van der Waals surface area contributed by atoms with Crippen molar-refractivity contribution < 1.29 is 0 Å². The lowest BCUT2D eigenvalue weighted by Crippen LogP contribution is -2.29. The van der Waals surface area contributed by atoms with Gasteiger partial charge in [0.15, 0.2) is 0 Å². The van der Waals surface area contributed by atoms with E-state index in [1.165, 1.54) is 5.57 Å². The highest BCUT2D eigenvalue weighted by Crippen LogP contribution is 2.17. The van der Waals surface area contributed by atoms with Gasteiger partial charge in [0.05, 0.1) is 17.3 Å². The third kappa shape index (κ3) is 1.81. The molecule has 1 N–H and O–H groups in total. The van der Waals surface area contributed by atoms with Crippen LogP contribution in [0.4, 0.5) is 0 Å². The molecule has 0 amide bonds. The zero-order valence-corrected chi connectivity index (χ0v) is 8.83. The van der Waals surface area contributed by atoms with Gasteiger partial charge in [-0.25, -0.2) is 4.68 Å². The molecule has 14 heavy (non-hydrogen) atoms. The maximum absolute atomic E-state index is 6.03. The predicted molar refractivity (Wildman–Crippen MR) is 56.2 cm³/mol. The number of aromatic nitrogens is 3. The van der Waals surface area contributed by atoms with E-state index in [1.54, 1.807) is 6.20 Å². The van der Waals surface area contributed by atoms with Crippen LogP contribution in [-0.4, -0.2) is 33.5 Å². The minimum Gasteiger partial charge on any atom is -0.311 e. The lowest BCUT2D eigenvalue weighted by atomic mass is 10.1. The van der Waals surface area contributed by atoms with Gasteiger partial charge >= 0.3 is 0 Å². The molecule has 1 atom stereocenters. The van der Waals surface area contributed by atoms with E-state index in [0.29, 0.717) is 0 Å². The maximum Gasteiger partial charge on any atom is 0.0855 e. The van der Waals surface area contributed by atoms with Crippen LogP contribution in [0, 0.1) is 0 Å². The molecule has 2 heterocycles. The third-order valence-electron chi connectivity index (χ3n) is 2.28. The molecule has 0 spiro atoms. The molecule has 1 aliphatic heterocycles. The second kappa shape index (κ2) is 4.11. The van der Waals surface area contributed by atoms with Crippen molar-refractivity contribution in [1.29, 1.82) is 0 Å². The first kappa shape index (κ1) is 9.68. The molecule has 0 bridgehead atoms. The van der Waals surface area contributed by atoms with Gasteiger partial charge in [-0.3, -0.25) is 0 Å². The smallest absolute Gasteiger partial charge is 0.0855 e. The van der Waals surface area contributed by atoms with Gasteiger partial charge < -0.3 is 5.32 Å². The van der Waals surface area contributed by atoms with Crippen LogP contribution in [0.3, 0.4) is 0 Å². The molecule has 4 nitrogen and oxygen atoms in total. The molecule has 1 aliphatic rings. The molecule has 0 aromatic carbocycles. The molecule has 5 heteroatoms. The van der Waals surface area contributed by atoms with Crippen molar-refractivity contribution in [2.24, 2.45) is 0 Å². The van der Waals surface area contributed by atoms with Crippen molar-refractivity contribution >= 4 is 17.2 Å². The lowest BCUT2D eigenvalue weighted by Gasteiger charge is -2.17. The molecule has 0 aliphatic carbocycles. The van der Waals surface area contributed by atoms with Gasteiger partial charge in [0, 0.05) is 19.6 Å². The number of aryl methyl sites for hydroxylation is 1. The van der Waals surface area contributed by atoms with E-state index in [0.717, 1.165) is 25.3 Å². The van der Waals surface area contributed by atoms with Crippen LogP contribution in [0.25, 0.3) is 5.57 Å². The fourth-order valence-electron chi connectivity index (χ4n) is 1.60. The van der Waals surface area contributed by atoms with Crippen molar-refractivity contribution in [1.82, 2.24) is 20.3 Å². The molecule has 1 unspecified atom stereocenters. The van der Waals surface area contributed by atoms with Crippen LogP contribution in [0.5, 0.6) is 0 Å². The zero-order chi connectivity index (χ0) is 9.97. The number of rotatable bonds is 2. The Morgan fingerprint density at radius 3 is 3.29 bits per heavy atom. The largest absolute Gasteiger partial charge is 0.311 e. The molecular formula is C9H13ClN4. The quantitative estimate of drug-likeness (QED) is 0.741. The zero-order valence-electron chi connectivity index (χ0n) is 8.07. The van der Waals surface area contributed by atoms with Crippen molar-refractivity contribution in [3.05, 3.63) is 18.0 Å². The molecule has 1 aromatic rings. The second-order valence-electron chi connectivity index (χ2n) is 3.27. The maximum atomic E-state index is 6.03. The highest BCUT2D eigenvalue weighted by atomic mass is 35.5. The van der Waals surface area contributed by atoms with Crippen molar-refractivity contribution in [3.8, 4) is 0 Å². The summed E-state index contributed by atoms with van der Waals surface area (Å²) < 4.78 is 1.88. The molecular weight excluding hydrogens is 200 g/mol. The van der Waals surface area contributed by atoms with Crippen molar-refractivity contribution in [3.63, 3.8) is 0 Å². The first-order chi connectivity index (χ1) is 6.81. The van der Waals surface area contributed by atoms with Crippen LogP contribution >= 0.6 is 11.6 Å². The minimum atomic E-state index is 0.0685. The summed E-state index contributed by atoms with van der Waals surface area (Å²) in [6, 6.07) is 0. The highest BCUT2D eigenvalue weighted by molar-refractivity contribution is 6.22. The number of halogens is 1. The summed E-state index contributed by atoms with van der Waals surface area (Å²) in [5.41, 5.74) is 2.24. The molecule has 2 rings (SSSR count). The first-order valence-corrected chi connectivity index (χ1v) is 5.19. The van der Waals surface area contributed by atoms with E-state index in [-0.39, 0.29) is 5.38 Å². The number of nitrogens with one attached hydrogen (secondary N) is 1. The van der Waals surface area contributed by atoms with Gasteiger partial charge in [-0.05, 0) is 12.5 Å². The van der Waals surface area contributed by atoms with E-state index in [1.807, 2.05) is 11.6 Å². The number of hydrogen-bond acceptors (Lipinski definition) is 3. The summed E-state index contributed by atoms with van der Waals surface area (Å²) in [5, 5.41) is 11.2. The molecule has 1 aromatic heterocycles. The Bertz CT molecular complexity index is 344. The summed E-state index contributed by atoms with van der Waals surface area (Å²) in [4.78, 5) is 0. The van der Waals surface area contributed by atoms with Crippen LogP contribution in [-0.2, 0) is 6.54 Å². The summed E-state index contributed by atoms with van der Waals surface area (Å²) in [7, 11) is 0. The Hall–Kier alpha value is -0.870. The van der Waals surface area contributed by atoms with E-state index in [2.05, 4.69) is 21.7 Å². The third-order valence-corrected chi connectivity index (χ3v) is 2.56. The molecule has 76 valence electrons. The highest BCUT2D eigenvalue weighted by Gasteiger charge is 2.14. The Morgan fingerprint density at radius 1 is 1.71 bits per heavy atom. The number of alkyl halides is 1. The number of nitrogens with zero attached hydrogens (tertiary/aromatic N) is 3. The van der Waals surface area contributed by atoms with E-state index in [9.17, 15) is 0 Å². The topological polar surface area (TPSA) is 42.7 Å². The van der Waals surface area contributed by atoms with Gasteiger partial charge in [0.25, 0.3) is 0 Å². The summed E-state index contributed by atoms with van der Waals surface area (Å²) in [6.45, 7) is 4.56. The van der Waals surface area contributed by atoms with Crippen molar-refractivity contribution in [2.75, 3.05) is 13.1 Å². The predicted octanol–water partition coefficient (Wildman–Crippen LogP) is 0.892. The average Bonchev–Trinajstić information content (AvgIpc) is 2.65. The second-order valence-corrected chi connectivity index (χ2v) is 3.83.